The second kappa shape index (κ2) is 7.88. The Hall–Kier alpha value is -1.75. The van der Waals surface area contributed by atoms with Crippen molar-refractivity contribution >= 4 is 0 Å². The molecule has 0 aliphatic carbocycles. The van der Waals surface area contributed by atoms with Gasteiger partial charge in [-0.2, -0.15) is 0 Å². The van der Waals surface area contributed by atoms with Crippen molar-refractivity contribution < 1.29 is 33.0 Å². The minimum absolute atomic E-state index is 0. The van der Waals surface area contributed by atoms with Gasteiger partial charge in [-0.15, -0.1) is 0 Å². The van der Waals surface area contributed by atoms with Gasteiger partial charge in [-0.1, -0.05) is 36.4 Å². The van der Waals surface area contributed by atoms with Crippen molar-refractivity contribution in [1.82, 2.24) is 0 Å². The fourth-order valence-electron chi connectivity index (χ4n) is 2.09. The SMILES string of the molecule is CC([NH2+]Cc1ccccc1)C(O)c1ccc(O)c(O)c1.[Cl-]. The van der Waals surface area contributed by atoms with Gasteiger partial charge >= 0.3 is 0 Å². The Morgan fingerprint density at radius 3 is 2.29 bits per heavy atom. The summed E-state index contributed by atoms with van der Waals surface area (Å²) in [7, 11) is 0. The number of quaternary nitrogens is 1. The maximum Gasteiger partial charge on any atom is 0.157 e. The first-order valence-corrected chi connectivity index (χ1v) is 6.65. The maximum atomic E-state index is 10.3. The first-order chi connectivity index (χ1) is 9.58. The van der Waals surface area contributed by atoms with Crippen molar-refractivity contribution in [2.45, 2.75) is 25.6 Å². The molecule has 4 nitrogen and oxygen atoms in total. The lowest BCUT2D eigenvalue weighted by Gasteiger charge is -2.18. The normalized spacial score (nSPS) is 13.2. The van der Waals surface area contributed by atoms with E-state index in [1.54, 1.807) is 6.07 Å². The number of nitrogens with two attached hydrogens (primary N) is 1. The molecule has 5 N–H and O–H groups in total. The van der Waals surface area contributed by atoms with Gasteiger partial charge < -0.3 is 33.0 Å². The zero-order valence-electron chi connectivity index (χ0n) is 11.8. The van der Waals surface area contributed by atoms with E-state index in [1.165, 1.54) is 17.7 Å². The Morgan fingerprint density at radius 1 is 1.00 bits per heavy atom. The van der Waals surface area contributed by atoms with Gasteiger partial charge in [-0.3, -0.25) is 0 Å². The highest BCUT2D eigenvalue weighted by Crippen LogP contribution is 2.28. The number of benzene rings is 2. The predicted octanol–water partition coefficient (Wildman–Crippen LogP) is -1.71. The molecule has 114 valence electrons. The molecule has 2 aromatic rings. The minimum Gasteiger partial charge on any atom is -1.00 e. The highest BCUT2D eigenvalue weighted by molar-refractivity contribution is 5.41. The Bertz CT molecular complexity index is 563. The number of hydrogen-bond donors (Lipinski definition) is 4. The van der Waals surface area contributed by atoms with Crippen LogP contribution in [0.25, 0.3) is 0 Å². The third-order valence-corrected chi connectivity index (χ3v) is 3.41. The van der Waals surface area contributed by atoms with Gasteiger partial charge in [0, 0.05) is 5.56 Å². The average molecular weight is 310 g/mol. The maximum absolute atomic E-state index is 10.3. The molecule has 2 atom stereocenters. The van der Waals surface area contributed by atoms with E-state index in [1.807, 2.05) is 42.6 Å². The number of aliphatic hydroxyl groups is 1. The van der Waals surface area contributed by atoms with Crippen molar-refractivity contribution in [2.75, 3.05) is 0 Å². The summed E-state index contributed by atoms with van der Waals surface area (Å²) in [5.41, 5.74) is 1.79. The van der Waals surface area contributed by atoms with Crippen LogP contribution in [0, 0.1) is 0 Å². The lowest BCUT2D eigenvalue weighted by molar-refractivity contribution is -0.709. The van der Waals surface area contributed by atoms with Gasteiger partial charge in [-0.25, -0.2) is 0 Å². The zero-order chi connectivity index (χ0) is 14.5. The Kier molecular flexibility index (Phi) is 6.49. The van der Waals surface area contributed by atoms with Crippen molar-refractivity contribution in [3.63, 3.8) is 0 Å². The molecule has 0 bridgehead atoms. The number of phenolic OH excluding ortho intramolecular Hbond substituents is 2. The Morgan fingerprint density at radius 2 is 1.67 bits per heavy atom. The summed E-state index contributed by atoms with van der Waals surface area (Å²) in [6, 6.07) is 14.4. The first kappa shape index (κ1) is 17.3. The third-order valence-electron chi connectivity index (χ3n) is 3.41. The summed E-state index contributed by atoms with van der Waals surface area (Å²) in [6.45, 7) is 2.71. The molecule has 21 heavy (non-hydrogen) atoms. The number of hydrogen-bond acceptors (Lipinski definition) is 3. The van der Waals surface area contributed by atoms with Crippen LogP contribution in [0.15, 0.2) is 48.5 Å². The highest BCUT2D eigenvalue weighted by Gasteiger charge is 2.20. The lowest BCUT2D eigenvalue weighted by atomic mass is 10.0. The van der Waals surface area contributed by atoms with E-state index >= 15 is 0 Å². The van der Waals surface area contributed by atoms with Crippen LogP contribution in [0.4, 0.5) is 0 Å². The van der Waals surface area contributed by atoms with Crippen LogP contribution in [0.2, 0.25) is 0 Å². The van der Waals surface area contributed by atoms with E-state index in [0.717, 1.165) is 6.54 Å². The average Bonchev–Trinajstić information content (AvgIpc) is 2.48. The number of rotatable bonds is 5. The molecular weight excluding hydrogens is 290 g/mol. The molecular formula is C16H20ClNO3. The van der Waals surface area contributed by atoms with Gasteiger partial charge in [-0.05, 0) is 24.6 Å². The number of phenols is 2. The lowest BCUT2D eigenvalue weighted by Crippen LogP contribution is -3.00. The molecule has 0 aliphatic heterocycles. The van der Waals surface area contributed by atoms with Crippen LogP contribution in [0.3, 0.4) is 0 Å². The second-order valence-corrected chi connectivity index (χ2v) is 4.98. The van der Waals surface area contributed by atoms with E-state index in [9.17, 15) is 15.3 Å². The molecule has 2 aromatic carbocycles. The van der Waals surface area contributed by atoms with E-state index in [2.05, 4.69) is 0 Å². The molecule has 5 heteroatoms. The van der Waals surface area contributed by atoms with Gasteiger partial charge in [0.25, 0.3) is 0 Å². The molecule has 0 fully saturated rings. The topological polar surface area (TPSA) is 77.3 Å². The van der Waals surface area contributed by atoms with E-state index in [-0.39, 0.29) is 29.9 Å². The summed E-state index contributed by atoms with van der Waals surface area (Å²) < 4.78 is 0. The van der Waals surface area contributed by atoms with E-state index in [4.69, 9.17) is 0 Å². The van der Waals surface area contributed by atoms with Crippen LogP contribution < -0.4 is 17.7 Å². The van der Waals surface area contributed by atoms with Crippen molar-refractivity contribution in [3.8, 4) is 11.5 Å². The van der Waals surface area contributed by atoms with Crippen molar-refractivity contribution in [3.05, 3.63) is 59.7 Å². The summed E-state index contributed by atoms with van der Waals surface area (Å²) in [4.78, 5) is 0. The third kappa shape index (κ3) is 4.63. The zero-order valence-corrected chi connectivity index (χ0v) is 12.5. The predicted molar refractivity (Wildman–Crippen MR) is 76.3 cm³/mol. The summed E-state index contributed by atoms with van der Waals surface area (Å²) in [6.07, 6.45) is -0.704. The van der Waals surface area contributed by atoms with Crippen LogP contribution in [0.1, 0.15) is 24.2 Å². The number of halogens is 1. The largest absolute Gasteiger partial charge is 1.00 e. The molecule has 0 spiro atoms. The fraction of sp³-hybridized carbons (Fsp3) is 0.250. The smallest absolute Gasteiger partial charge is 0.157 e. The molecule has 0 saturated heterocycles. The molecule has 2 unspecified atom stereocenters. The fourth-order valence-corrected chi connectivity index (χ4v) is 2.09. The molecule has 0 radical (unpaired) electrons. The quantitative estimate of drug-likeness (QED) is 0.497. The number of aromatic hydroxyl groups is 2. The van der Waals surface area contributed by atoms with E-state index < -0.39 is 6.10 Å². The second-order valence-electron chi connectivity index (χ2n) is 4.98. The van der Waals surface area contributed by atoms with Crippen LogP contribution in [-0.4, -0.2) is 21.4 Å². The molecule has 0 aliphatic rings. The Balaban J connectivity index is 0.00000220. The summed E-state index contributed by atoms with van der Waals surface area (Å²) in [5, 5.41) is 31.0. The minimum atomic E-state index is -0.704. The first-order valence-electron chi connectivity index (χ1n) is 6.65. The van der Waals surface area contributed by atoms with Crippen LogP contribution >= 0.6 is 0 Å². The highest BCUT2D eigenvalue weighted by atomic mass is 35.5. The molecule has 0 heterocycles. The molecule has 0 amide bonds. The summed E-state index contributed by atoms with van der Waals surface area (Å²) >= 11 is 0. The molecule has 2 rings (SSSR count). The van der Waals surface area contributed by atoms with Gasteiger partial charge in [0.05, 0.1) is 0 Å². The van der Waals surface area contributed by atoms with Crippen LogP contribution in [-0.2, 0) is 6.54 Å². The van der Waals surface area contributed by atoms with Crippen molar-refractivity contribution in [2.24, 2.45) is 0 Å². The van der Waals surface area contributed by atoms with E-state index in [0.29, 0.717) is 5.56 Å². The summed E-state index contributed by atoms with van der Waals surface area (Å²) in [5.74, 6) is -0.390. The molecule has 0 saturated carbocycles. The van der Waals surface area contributed by atoms with Gasteiger partial charge in [0.1, 0.15) is 18.7 Å². The van der Waals surface area contributed by atoms with Crippen molar-refractivity contribution in [1.29, 1.82) is 0 Å². The standard InChI is InChI=1S/C16H19NO3.ClH/c1-11(17-10-12-5-3-2-4-6-12)16(20)13-7-8-14(18)15(19)9-13;/h2-9,11,16-20H,10H2,1H3;1H. The van der Waals surface area contributed by atoms with Crippen LogP contribution in [0.5, 0.6) is 11.5 Å². The Labute approximate surface area is 130 Å². The molecule has 0 aromatic heterocycles. The monoisotopic (exact) mass is 309 g/mol. The van der Waals surface area contributed by atoms with Gasteiger partial charge in [0.2, 0.25) is 0 Å². The number of aliphatic hydroxyl groups excluding tert-OH is 1. The van der Waals surface area contributed by atoms with Gasteiger partial charge in [0.15, 0.2) is 11.5 Å².